The van der Waals surface area contributed by atoms with Gasteiger partial charge in [-0.05, 0) is 67.1 Å². The summed E-state index contributed by atoms with van der Waals surface area (Å²) in [6, 6.07) is 9.42. The van der Waals surface area contributed by atoms with Crippen LogP contribution >= 0.6 is 23.2 Å². The van der Waals surface area contributed by atoms with Crippen molar-refractivity contribution in [2.75, 3.05) is 0 Å². The molecule has 0 bridgehead atoms. The van der Waals surface area contributed by atoms with Gasteiger partial charge in [0.1, 0.15) is 0 Å². The van der Waals surface area contributed by atoms with Gasteiger partial charge in [-0.1, -0.05) is 29.3 Å². The van der Waals surface area contributed by atoms with Crippen molar-refractivity contribution >= 4 is 39.1 Å². The molecule has 25 heavy (non-hydrogen) atoms. The molecule has 3 rings (SSSR count). The number of halogens is 2. The van der Waals surface area contributed by atoms with Crippen LogP contribution in [-0.4, -0.2) is 14.3 Å². The van der Waals surface area contributed by atoms with Gasteiger partial charge in [-0.25, -0.2) is 8.42 Å². The van der Waals surface area contributed by atoms with Crippen LogP contribution in [0.15, 0.2) is 41.3 Å². The summed E-state index contributed by atoms with van der Waals surface area (Å²) in [5, 5.41) is 0.502. The Bertz CT molecular complexity index is 929. The lowest BCUT2D eigenvalue weighted by atomic mass is 9.92. The largest absolute Gasteiger partial charge is 0.273 e. The van der Waals surface area contributed by atoms with E-state index in [-0.39, 0.29) is 15.5 Å². The number of rotatable bonds is 4. The van der Waals surface area contributed by atoms with Gasteiger partial charge in [-0.15, -0.1) is 4.83 Å². The third kappa shape index (κ3) is 4.15. The van der Waals surface area contributed by atoms with Crippen LogP contribution in [0.3, 0.4) is 0 Å². The number of carbonyl (C=O) groups excluding carboxylic acids is 1. The van der Waals surface area contributed by atoms with Crippen molar-refractivity contribution in [3.63, 3.8) is 0 Å². The van der Waals surface area contributed by atoms with E-state index in [0.29, 0.717) is 5.02 Å². The molecule has 0 fully saturated rings. The molecule has 1 aliphatic rings. The van der Waals surface area contributed by atoms with E-state index in [2.05, 4.69) is 10.3 Å². The Morgan fingerprint density at radius 1 is 0.960 bits per heavy atom. The Morgan fingerprint density at radius 2 is 1.68 bits per heavy atom. The van der Waals surface area contributed by atoms with Crippen molar-refractivity contribution in [1.29, 1.82) is 0 Å². The highest BCUT2D eigenvalue weighted by Gasteiger charge is 2.19. The number of benzene rings is 2. The number of amides is 1. The molecule has 2 aromatic carbocycles. The third-order valence-electron chi connectivity index (χ3n) is 4.10. The van der Waals surface area contributed by atoms with Crippen LogP contribution in [0.2, 0.25) is 10.0 Å². The fourth-order valence-corrected chi connectivity index (χ4v) is 4.05. The minimum atomic E-state index is -3.88. The summed E-state index contributed by atoms with van der Waals surface area (Å²) < 4.78 is 24.8. The van der Waals surface area contributed by atoms with E-state index in [1.807, 2.05) is 6.07 Å². The average molecular weight is 399 g/mol. The van der Waals surface area contributed by atoms with Gasteiger partial charge in [0.25, 0.3) is 15.9 Å². The van der Waals surface area contributed by atoms with Crippen molar-refractivity contribution in [2.24, 2.45) is 0 Å². The Hall–Kier alpha value is -1.60. The highest BCUT2D eigenvalue weighted by molar-refractivity contribution is 7.89. The molecule has 0 atom stereocenters. The molecular formula is C17H16Cl2N2O3S. The van der Waals surface area contributed by atoms with Crippen LogP contribution in [0.4, 0.5) is 0 Å². The first kappa shape index (κ1) is 18.2. The van der Waals surface area contributed by atoms with Gasteiger partial charge >= 0.3 is 0 Å². The van der Waals surface area contributed by atoms with Crippen LogP contribution in [0, 0.1) is 0 Å². The number of sulfonamides is 1. The Morgan fingerprint density at radius 3 is 2.44 bits per heavy atom. The highest BCUT2D eigenvalue weighted by Crippen LogP contribution is 2.24. The number of hydrogen-bond donors (Lipinski definition) is 2. The standard InChI is InChI=1S/C17H16Cl2N2O3S/c18-13-6-8-16(19)15(10-13)17(22)20-21-25(23,24)14-7-5-11-3-1-2-4-12(11)9-14/h5-10,21H,1-4H2,(H,20,22). The maximum atomic E-state index is 12.4. The summed E-state index contributed by atoms with van der Waals surface area (Å²) in [5.41, 5.74) is 4.47. The average Bonchev–Trinajstić information content (AvgIpc) is 2.61. The van der Waals surface area contributed by atoms with Crippen molar-refractivity contribution in [3.05, 3.63) is 63.1 Å². The van der Waals surface area contributed by atoms with Crippen molar-refractivity contribution in [3.8, 4) is 0 Å². The van der Waals surface area contributed by atoms with E-state index in [1.165, 1.54) is 23.8 Å². The summed E-state index contributed by atoms with van der Waals surface area (Å²) in [4.78, 5) is 14.4. The Balaban J connectivity index is 1.75. The van der Waals surface area contributed by atoms with Gasteiger partial charge in [0.15, 0.2) is 0 Å². The molecule has 0 aromatic heterocycles. The van der Waals surface area contributed by atoms with Gasteiger partial charge in [0.2, 0.25) is 0 Å². The fraction of sp³-hybridized carbons (Fsp3) is 0.235. The Kier molecular flexibility index (Phi) is 5.34. The first-order valence-electron chi connectivity index (χ1n) is 7.76. The maximum Gasteiger partial charge on any atom is 0.267 e. The minimum absolute atomic E-state index is 0.0855. The van der Waals surface area contributed by atoms with Crippen molar-refractivity contribution in [1.82, 2.24) is 10.3 Å². The zero-order valence-electron chi connectivity index (χ0n) is 13.2. The van der Waals surface area contributed by atoms with E-state index in [9.17, 15) is 13.2 Å². The lowest BCUT2D eigenvalue weighted by molar-refractivity contribution is 0.0945. The molecule has 2 aromatic rings. The summed E-state index contributed by atoms with van der Waals surface area (Å²) in [5.74, 6) is -0.686. The molecule has 0 aliphatic heterocycles. The number of fused-ring (bicyclic) bond motifs is 1. The molecule has 8 heteroatoms. The number of nitrogens with one attached hydrogen (secondary N) is 2. The molecule has 132 valence electrons. The van der Waals surface area contributed by atoms with Crippen LogP contribution in [0.25, 0.3) is 0 Å². The first-order valence-corrected chi connectivity index (χ1v) is 10.00. The number of carbonyl (C=O) groups is 1. The molecule has 0 unspecified atom stereocenters. The monoisotopic (exact) mass is 398 g/mol. The highest BCUT2D eigenvalue weighted by atomic mass is 35.5. The third-order valence-corrected chi connectivity index (χ3v) is 5.91. The molecule has 5 nitrogen and oxygen atoms in total. The van der Waals surface area contributed by atoms with E-state index in [1.54, 1.807) is 12.1 Å². The Labute approximate surface area is 156 Å². The molecule has 0 spiro atoms. The SMILES string of the molecule is O=C(NNS(=O)(=O)c1ccc2c(c1)CCCC2)c1cc(Cl)ccc1Cl. The number of hydrazine groups is 1. The fourth-order valence-electron chi connectivity index (χ4n) is 2.79. The molecule has 0 radical (unpaired) electrons. The first-order chi connectivity index (χ1) is 11.9. The molecule has 1 aliphatic carbocycles. The number of aryl methyl sites for hydroxylation is 2. The van der Waals surface area contributed by atoms with E-state index < -0.39 is 15.9 Å². The zero-order valence-corrected chi connectivity index (χ0v) is 15.5. The molecule has 0 saturated carbocycles. The summed E-state index contributed by atoms with van der Waals surface area (Å²) >= 11 is 11.8. The van der Waals surface area contributed by atoms with E-state index >= 15 is 0 Å². The summed E-state index contributed by atoms with van der Waals surface area (Å²) in [7, 11) is -3.88. The molecule has 0 heterocycles. The van der Waals surface area contributed by atoms with E-state index in [0.717, 1.165) is 31.2 Å². The van der Waals surface area contributed by atoms with Gasteiger partial charge in [0, 0.05) is 5.02 Å². The lowest BCUT2D eigenvalue weighted by Gasteiger charge is -2.17. The summed E-state index contributed by atoms with van der Waals surface area (Å²) in [6.45, 7) is 0. The second-order valence-electron chi connectivity index (χ2n) is 5.82. The predicted octanol–water partition coefficient (Wildman–Crippen LogP) is 3.50. The molecule has 0 saturated heterocycles. The topological polar surface area (TPSA) is 75.3 Å². The second-order valence-corrected chi connectivity index (χ2v) is 8.35. The normalized spacial score (nSPS) is 14.0. The maximum absolute atomic E-state index is 12.4. The van der Waals surface area contributed by atoms with Gasteiger partial charge in [-0.3, -0.25) is 10.2 Å². The number of hydrogen-bond acceptors (Lipinski definition) is 3. The van der Waals surface area contributed by atoms with Gasteiger partial charge in [-0.2, -0.15) is 0 Å². The van der Waals surface area contributed by atoms with Crippen LogP contribution in [-0.2, 0) is 22.9 Å². The van der Waals surface area contributed by atoms with Crippen LogP contribution in [0.5, 0.6) is 0 Å². The minimum Gasteiger partial charge on any atom is -0.273 e. The predicted molar refractivity (Wildman–Crippen MR) is 97.3 cm³/mol. The molecular weight excluding hydrogens is 383 g/mol. The van der Waals surface area contributed by atoms with Gasteiger partial charge < -0.3 is 0 Å². The lowest BCUT2D eigenvalue weighted by Crippen LogP contribution is -2.41. The van der Waals surface area contributed by atoms with Crippen LogP contribution < -0.4 is 10.3 Å². The second kappa shape index (κ2) is 7.33. The molecule has 1 amide bonds. The molecule has 2 N–H and O–H groups in total. The van der Waals surface area contributed by atoms with Gasteiger partial charge in [0.05, 0.1) is 15.5 Å². The van der Waals surface area contributed by atoms with Crippen LogP contribution in [0.1, 0.15) is 34.3 Å². The van der Waals surface area contributed by atoms with Crippen molar-refractivity contribution < 1.29 is 13.2 Å². The zero-order chi connectivity index (χ0) is 18.0. The summed E-state index contributed by atoms with van der Waals surface area (Å²) in [6.07, 6.45) is 4.00. The quantitative estimate of drug-likeness (QED) is 0.773. The van der Waals surface area contributed by atoms with Crippen molar-refractivity contribution in [2.45, 2.75) is 30.6 Å². The van der Waals surface area contributed by atoms with E-state index in [4.69, 9.17) is 23.2 Å². The smallest absolute Gasteiger partial charge is 0.267 e.